The van der Waals surface area contributed by atoms with Crippen molar-refractivity contribution in [3.63, 3.8) is 0 Å². The highest BCUT2D eigenvalue weighted by molar-refractivity contribution is 7.89. The van der Waals surface area contributed by atoms with Gasteiger partial charge in [0.05, 0.1) is 11.0 Å². The molecular weight excluding hydrogens is 295 g/mol. The molecular formula is C11H10Cl2N2O2S. The number of sulfonamides is 1. The van der Waals surface area contributed by atoms with Gasteiger partial charge < -0.3 is 0 Å². The SMILES string of the molecule is N#CC(NS(=O)(=O)c1cc(Cl)cc(Cl)c1)C1CC1. The average molecular weight is 305 g/mol. The second kappa shape index (κ2) is 5.06. The van der Waals surface area contributed by atoms with Crippen LogP contribution in [0, 0.1) is 17.2 Å². The Bertz CT molecular complexity index is 586. The summed E-state index contributed by atoms with van der Waals surface area (Å²) in [7, 11) is -3.76. The lowest BCUT2D eigenvalue weighted by molar-refractivity contribution is 0.560. The molecule has 0 amide bonds. The van der Waals surface area contributed by atoms with E-state index in [1.54, 1.807) is 0 Å². The molecule has 18 heavy (non-hydrogen) atoms. The Labute approximate surface area is 116 Å². The lowest BCUT2D eigenvalue weighted by Gasteiger charge is -2.11. The quantitative estimate of drug-likeness (QED) is 0.929. The van der Waals surface area contributed by atoms with Crippen LogP contribution in [-0.4, -0.2) is 14.5 Å². The molecule has 0 aromatic heterocycles. The summed E-state index contributed by atoms with van der Waals surface area (Å²) in [5.41, 5.74) is 0. The first-order valence-electron chi connectivity index (χ1n) is 5.30. The smallest absolute Gasteiger partial charge is 0.207 e. The van der Waals surface area contributed by atoms with Gasteiger partial charge in [0.25, 0.3) is 0 Å². The molecule has 1 atom stereocenters. The number of halogens is 2. The highest BCUT2D eigenvalue weighted by Crippen LogP contribution is 2.33. The maximum Gasteiger partial charge on any atom is 0.241 e. The Morgan fingerprint density at radius 1 is 1.28 bits per heavy atom. The zero-order valence-electron chi connectivity index (χ0n) is 9.23. The van der Waals surface area contributed by atoms with Crippen molar-refractivity contribution in [1.29, 1.82) is 5.26 Å². The number of benzene rings is 1. The van der Waals surface area contributed by atoms with Crippen LogP contribution >= 0.6 is 23.2 Å². The molecule has 1 N–H and O–H groups in total. The molecule has 7 heteroatoms. The average Bonchev–Trinajstić information content (AvgIpc) is 3.08. The summed E-state index contributed by atoms with van der Waals surface area (Å²) in [6.45, 7) is 0. The van der Waals surface area contributed by atoms with E-state index in [9.17, 15) is 8.42 Å². The van der Waals surface area contributed by atoms with Gasteiger partial charge in [0.1, 0.15) is 6.04 Å². The largest absolute Gasteiger partial charge is 0.241 e. The predicted molar refractivity (Wildman–Crippen MR) is 68.9 cm³/mol. The maximum absolute atomic E-state index is 12.1. The minimum Gasteiger partial charge on any atom is -0.207 e. The Morgan fingerprint density at radius 3 is 2.28 bits per heavy atom. The standard InChI is InChI=1S/C11H10Cl2N2O2S/c12-8-3-9(13)5-10(4-8)18(16,17)15-11(6-14)7-1-2-7/h3-5,7,11,15H,1-2H2. The van der Waals surface area contributed by atoms with E-state index in [4.69, 9.17) is 28.5 Å². The topological polar surface area (TPSA) is 70.0 Å². The molecule has 0 spiro atoms. The van der Waals surface area contributed by atoms with E-state index in [0.717, 1.165) is 12.8 Å². The van der Waals surface area contributed by atoms with Gasteiger partial charge in [-0.3, -0.25) is 0 Å². The maximum atomic E-state index is 12.1. The van der Waals surface area contributed by atoms with Gasteiger partial charge in [0.15, 0.2) is 0 Å². The van der Waals surface area contributed by atoms with Gasteiger partial charge in [-0.1, -0.05) is 23.2 Å². The second-order valence-corrected chi connectivity index (χ2v) is 6.76. The summed E-state index contributed by atoms with van der Waals surface area (Å²) >= 11 is 11.5. The van der Waals surface area contributed by atoms with Crippen LogP contribution in [0.1, 0.15) is 12.8 Å². The number of nitrogens with one attached hydrogen (secondary N) is 1. The monoisotopic (exact) mass is 304 g/mol. The van der Waals surface area contributed by atoms with Crippen molar-refractivity contribution in [3.8, 4) is 6.07 Å². The van der Waals surface area contributed by atoms with Gasteiger partial charge in [0.2, 0.25) is 10.0 Å². The molecule has 96 valence electrons. The summed E-state index contributed by atoms with van der Waals surface area (Å²) in [4.78, 5) is -0.0269. The Kier molecular flexibility index (Phi) is 3.83. The summed E-state index contributed by atoms with van der Waals surface area (Å²) in [5.74, 6) is 0.111. The molecule has 1 aromatic rings. The van der Waals surface area contributed by atoms with Crippen LogP contribution in [0.15, 0.2) is 23.1 Å². The van der Waals surface area contributed by atoms with Crippen LogP contribution in [0.2, 0.25) is 10.0 Å². The predicted octanol–water partition coefficient (Wildman–Crippen LogP) is 2.57. The third kappa shape index (κ3) is 3.15. The fourth-order valence-corrected chi connectivity index (χ4v) is 3.51. The Hall–Kier alpha value is -0.800. The lowest BCUT2D eigenvalue weighted by Crippen LogP contribution is -2.35. The third-order valence-electron chi connectivity index (χ3n) is 2.66. The van der Waals surface area contributed by atoms with Crippen molar-refractivity contribution in [3.05, 3.63) is 28.2 Å². The summed E-state index contributed by atoms with van der Waals surface area (Å²) < 4.78 is 26.5. The molecule has 1 fully saturated rings. The molecule has 1 aliphatic rings. The van der Waals surface area contributed by atoms with Crippen LogP contribution in [0.4, 0.5) is 0 Å². The van der Waals surface area contributed by atoms with E-state index in [1.165, 1.54) is 18.2 Å². The van der Waals surface area contributed by atoms with Crippen molar-refractivity contribution in [2.24, 2.45) is 5.92 Å². The second-order valence-electron chi connectivity index (χ2n) is 4.17. The van der Waals surface area contributed by atoms with Crippen LogP contribution in [0.3, 0.4) is 0 Å². The normalized spacial score (nSPS) is 17.2. The molecule has 0 radical (unpaired) electrons. The Morgan fingerprint density at radius 2 is 1.83 bits per heavy atom. The van der Waals surface area contributed by atoms with Gasteiger partial charge >= 0.3 is 0 Å². The van der Waals surface area contributed by atoms with Gasteiger partial charge in [-0.25, -0.2) is 8.42 Å². The zero-order chi connectivity index (χ0) is 13.3. The molecule has 1 aliphatic carbocycles. The van der Waals surface area contributed by atoms with Crippen LogP contribution in [-0.2, 0) is 10.0 Å². The fourth-order valence-electron chi connectivity index (χ4n) is 1.58. The molecule has 1 saturated carbocycles. The number of nitriles is 1. The molecule has 0 heterocycles. The van der Waals surface area contributed by atoms with Gasteiger partial charge in [-0.15, -0.1) is 0 Å². The van der Waals surface area contributed by atoms with Crippen LogP contribution in [0.5, 0.6) is 0 Å². The van der Waals surface area contributed by atoms with Crippen molar-refractivity contribution in [2.75, 3.05) is 0 Å². The van der Waals surface area contributed by atoms with E-state index in [2.05, 4.69) is 4.72 Å². The molecule has 4 nitrogen and oxygen atoms in total. The van der Waals surface area contributed by atoms with Crippen molar-refractivity contribution < 1.29 is 8.42 Å². The number of hydrogen-bond acceptors (Lipinski definition) is 3. The van der Waals surface area contributed by atoms with Crippen LogP contribution < -0.4 is 4.72 Å². The summed E-state index contributed by atoms with van der Waals surface area (Å²) in [5, 5.41) is 9.40. The molecule has 1 unspecified atom stereocenters. The molecule has 1 aromatic carbocycles. The summed E-state index contributed by atoms with van der Waals surface area (Å²) in [6, 6.07) is 5.33. The minimum absolute atomic E-state index is 0.0269. The zero-order valence-corrected chi connectivity index (χ0v) is 11.6. The lowest BCUT2D eigenvalue weighted by atomic mass is 10.2. The van der Waals surface area contributed by atoms with Crippen LogP contribution in [0.25, 0.3) is 0 Å². The summed E-state index contributed by atoms with van der Waals surface area (Å²) in [6.07, 6.45) is 1.74. The third-order valence-corrected chi connectivity index (χ3v) is 4.52. The first-order chi connectivity index (χ1) is 8.42. The first-order valence-corrected chi connectivity index (χ1v) is 7.54. The number of hydrogen-bond donors (Lipinski definition) is 1. The fraction of sp³-hybridized carbons (Fsp3) is 0.364. The number of rotatable bonds is 4. The van der Waals surface area contributed by atoms with E-state index >= 15 is 0 Å². The van der Waals surface area contributed by atoms with Gasteiger partial charge in [-0.05, 0) is 37.0 Å². The van der Waals surface area contributed by atoms with E-state index in [-0.39, 0.29) is 20.9 Å². The van der Waals surface area contributed by atoms with Crippen molar-refractivity contribution in [1.82, 2.24) is 4.72 Å². The molecule has 0 saturated heterocycles. The highest BCUT2D eigenvalue weighted by atomic mass is 35.5. The Balaban J connectivity index is 2.27. The van der Waals surface area contributed by atoms with E-state index in [0.29, 0.717) is 0 Å². The van der Waals surface area contributed by atoms with Gasteiger partial charge in [-0.2, -0.15) is 9.98 Å². The van der Waals surface area contributed by atoms with Crippen molar-refractivity contribution in [2.45, 2.75) is 23.8 Å². The van der Waals surface area contributed by atoms with E-state index in [1.807, 2.05) is 6.07 Å². The minimum atomic E-state index is -3.76. The number of nitrogens with zero attached hydrogens (tertiary/aromatic N) is 1. The van der Waals surface area contributed by atoms with Crippen molar-refractivity contribution >= 4 is 33.2 Å². The highest BCUT2D eigenvalue weighted by Gasteiger charge is 2.34. The molecule has 0 aliphatic heterocycles. The first kappa shape index (κ1) is 13.6. The molecule has 0 bridgehead atoms. The van der Waals surface area contributed by atoms with Gasteiger partial charge in [0, 0.05) is 10.0 Å². The molecule has 2 rings (SSSR count). The van der Waals surface area contributed by atoms with E-state index < -0.39 is 16.1 Å².